The van der Waals surface area contributed by atoms with Gasteiger partial charge in [-0.1, -0.05) is 35.3 Å². The van der Waals surface area contributed by atoms with Crippen molar-refractivity contribution < 1.29 is 9.21 Å². The molecule has 0 aliphatic carbocycles. The molecule has 1 N–H and O–H groups in total. The number of nitrogens with one attached hydrogen (secondary N) is 1. The lowest BCUT2D eigenvalue weighted by molar-refractivity contribution is -0.116. The molecule has 1 aromatic carbocycles. The Kier molecular flexibility index (Phi) is 5.82. The van der Waals surface area contributed by atoms with E-state index >= 15 is 0 Å². The molecule has 0 radical (unpaired) electrons. The molecule has 1 fully saturated rings. The SMILES string of the molecule is O=C(CCCN1CCCCC1)Nc1nnc(-c2ccccc2Cl)o1. The summed E-state index contributed by atoms with van der Waals surface area (Å²) < 4.78 is 5.47. The van der Waals surface area contributed by atoms with Crippen LogP contribution in [0.3, 0.4) is 0 Å². The van der Waals surface area contributed by atoms with Crippen molar-refractivity contribution in [2.75, 3.05) is 25.0 Å². The quantitative estimate of drug-likeness (QED) is 0.863. The number of amides is 1. The number of likely N-dealkylation sites (tertiary alicyclic amines) is 1. The van der Waals surface area contributed by atoms with E-state index in [1.165, 1.54) is 19.3 Å². The van der Waals surface area contributed by atoms with Gasteiger partial charge in [-0.3, -0.25) is 10.1 Å². The Labute approximate surface area is 146 Å². The van der Waals surface area contributed by atoms with Gasteiger partial charge in [-0.25, -0.2) is 0 Å². The van der Waals surface area contributed by atoms with Gasteiger partial charge >= 0.3 is 6.01 Å². The number of piperidine rings is 1. The Morgan fingerprint density at radius 2 is 2.00 bits per heavy atom. The Balaban J connectivity index is 1.47. The van der Waals surface area contributed by atoms with E-state index in [2.05, 4.69) is 20.4 Å². The van der Waals surface area contributed by atoms with Crippen molar-refractivity contribution in [3.8, 4) is 11.5 Å². The van der Waals surface area contributed by atoms with Gasteiger partial charge in [0.2, 0.25) is 5.91 Å². The minimum atomic E-state index is -0.110. The molecule has 0 bridgehead atoms. The molecule has 24 heavy (non-hydrogen) atoms. The van der Waals surface area contributed by atoms with Crippen LogP contribution < -0.4 is 5.32 Å². The molecule has 1 aromatic heterocycles. The zero-order valence-corrected chi connectivity index (χ0v) is 14.3. The first-order valence-electron chi connectivity index (χ1n) is 8.33. The molecule has 7 heteroatoms. The molecule has 1 amide bonds. The molecular weight excluding hydrogens is 328 g/mol. The van der Waals surface area contributed by atoms with Crippen molar-refractivity contribution in [1.82, 2.24) is 15.1 Å². The lowest BCUT2D eigenvalue weighted by Crippen LogP contribution is -2.31. The summed E-state index contributed by atoms with van der Waals surface area (Å²) in [7, 11) is 0. The number of benzene rings is 1. The molecule has 0 spiro atoms. The molecule has 0 unspecified atom stereocenters. The highest BCUT2D eigenvalue weighted by Gasteiger charge is 2.14. The van der Waals surface area contributed by atoms with Gasteiger partial charge in [-0.2, -0.15) is 0 Å². The molecule has 1 aliphatic rings. The fraction of sp³-hybridized carbons (Fsp3) is 0.471. The van der Waals surface area contributed by atoms with Gasteiger partial charge < -0.3 is 9.32 Å². The first kappa shape index (κ1) is 16.9. The largest absolute Gasteiger partial charge is 0.403 e. The summed E-state index contributed by atoms with van der Waals surface area (Å²) >= 11 is 6.10. The molecule has 0 saturated carbocycles. The third kappa shape index (κ3) is 4.55. The standard InChI is InChI=1S/C17H21ClN4O2/c18-14-8-3-2-7-13(14)16-20-21-17(24-16)19-15(23)9-6-12-22-10-4-1-5-11-22/h2-3,7-8H,1,4-6,9-12H2,(H,19,21,23). The molecule has 6 nitrogen and oxygen atoms in total. The first-order chi connectivity index (χ1) is 11.7. The van der Waals surface area contributed by atoms with Gasteiger partial charge in [0.05, 0.1) is 10.6 Å². The Morgan fingerprint density at radius 3 is 2.79 bits per heavy atom. The molecular formula is C17H21ClN4O2. The number of carbonyl (C=O) groups excluding carboxylic acids is 1. The lowest BCUT2D eigenvalue weighted by Gasteiger charge is -2.26. The zero-order valence-electron chi connectivity index (χ0n) is 13.5. The lowest BCUT2D eigenvalue weighted by atomic mass is 10.1. The third-order valence-corrected chi connectivity index (χ3v) is 4.43. The predicted molar refractivity (Wildman–Crippen MR) is 92.9 cm³/mol. The number of nitrogens with zero attached hydrogens (tertiary/aromatic N) is 3. The second-order valence-corrected chi connectivity index (χ2v) is 6.35. The summed E-state index contributed by atoms with van der Waals surface area (Å²) in [6.07, 6.45) is 5.12. The van der Waals surface area contributed by atoms with E-state index < -0.39 is 0 Å². The van der Waals surface area contributed by atoms with Crippen molar-refractivity contribution >= 4 is 23.5 Å². The van der Waals surface area contributed by atoms with Crippen LogP contribution in [0.15, 0.2) is 28.7 Å². The molecule has 0 atom stereocenters. The number of halogens is 1. The highest BCUT2D eigenvalue weighted by molar-refractivity contribution is 6.33. The van der Waals surface area contributed by atoms with Gasteiger partial charge in [-0.15, -0.1) is 5.10 Å². The van der Waals surface area contributed by atoms with Crippen molar-refractivity contribution in [2.45, 2.75) is 32.1 Å². The Hall–Kier alpha value is -1.92. The van der Waals surface area contributed by atoms with Crippen LogP contribution in [0.5, 0.6) is 0 Å². The second-order valence-electron chi connectivity index (χ2n) is 5.95. The summed E-state index contributed by atoms with van der Waals surface area (Å²) in [5.41, 5.74) is 0.650. The van der Waals surface area contributed by atoms with Crippen molar-refractivity contribution in [2.24, 2.45) is 0 Å². The van der Waals surface area contributed by atoms with Gasteiger partial charge in [0.1, 0.15) is 0 Å². The van der Waals surface area contributed by atoms with Crippen LogP contribution in [-0.2, 0) is 4.79 Å². The normalized spacial score (nSPS) is 15.4. The minimum Gasteiger partial charge on any atom is -0.403 e. The first-order valence-corrected chi connectivity index (χ1v) is 8.71. The van der Waals surface area contributed by atoms with E-state index in [-0.39, 0.29) is 11.9 Å². The van der Waals surface area contributed by atoms with Gasteiger partial charge in [-0.05, 0) is 51.0 Å². The summed E-state index contributed by atoms with van der Waals surface area (Å²) in [5.74, 6) is 0.186. The van der Waals surface area contributed by atoms with E-state index in [1.54, 1.807) is 12.1 Å². The zero-order chi connectivity index (χ0) is 16.8. The average Bonchev–Trinajstić information content (AvgIpc) is 3.04. The number of hydrogen-bond donors (Lipinski definition) is 1. The number of rotatable bonds is 6. The van der Waals surface area contributed by atoms with Crippen molar-refractivity contribution in [3.05, 3.63) is 29.3 Å². The Morgan fingerprint density at radius 1 is 1.21 bits per heavy atom. The molecule has 2 aromatic rings. The fourth-order valence-electron chi connectivity index (χ4n) is 2.85. The highest BCUT2D eigenvalue weighted by atomic mass is 35.5. The van der Waals surface area contributed by atoms with Crippen LogP contribution in [0.4, 0.5) is 6.01 Å². The predicted octanol–water partition coefficient (Wildman–Crippen LogP) is 3.59. The molecule has 3 rings (SSSR count). The molecule has 128 valence electrons. The second kappa shape index (κ2) is 8.26. The number of hydrogen-bond acceptors (Lipinski definition) is 5. The van der Waals surface area contributed by atoms with Crippen LogP contribution in [-0.4, -0.2) is 40.6 Å². The van der Waals surface area contributed by atoms with Crippen LogP contribution in [0.1, 0.15) is 32.1 Å². The van der Waals surface area contributed by atoms with Gasteiger partial charge in [0.25, 0.3) is 5.89 Å². The van der Waals surface area contributed by atoms with E-state index in [9.17, 15) is 4.79 Å². The Bertz CT molecular complexity index is 683. The number of carbonyl (C=O) groups is 1. The molecule has 1 saturated heterocycles. The summed E-state index contributed by atoms with van der Waals surface area (Å²) in [5, 5.41) is 11.0. The van der Waals surface area contributed by atoms with Gasteiger partial charge in [0.15, 0.2) is 0 Å². The van der Waals surface area contributed by atoms with Crippen LogP contribution in [0, 0.1) is 0 Å². The number of anilines is 1. The molecule has 2 heterocycles. The average molecular weight is 349 g/mol. The maximum absolute atomic E-state index is 12.0. The van der Waals surface area contributed by atoms with Crippen LogP contribution in [0.2, 0.25) is 5.02 Å². The maximum atomic E-state index is 12.0. The van der Waals surface area contributed by atoms with E-state index in [0.717, 1.165) is 26.1 Å². The highest BCUT2D eigenvalue weighted by Crippen LogP contribution is 2.27. The van der Waals surface area contributed by atoms with E-state index in [1.807, 2.05) is 12.1 Å². The maximum Gasteiger partial charge on any atom is 0.322 e. The van der Waals surface area contributed by atoms with Crippen LogP contribution in [0.25, 0.3) is 11.5 Å². The van der Waals surface area contributed by atoms with Crippen molar-refractivity contribution in [3.63, 3.8) is 0 Å². The minimum absolute atomic E-state index is 0.105. The van der Waals surface area contributed by atoms with E-state index in [0.29, 0.717) is 22.9 Å². The van der Waals surface area contributed by atoms with Gasteiger partial charge in [0, 0.05) is 6.42 Å². The molecule has 1 aliphatic heterocycles. The summed E-state index contributed by atoms with van der Waals surface area (Å²) in [6, 6.07) is 7.31. The smallest absolute Gasteiger partial charge is 0.322 e. The van der Waals surface area contributed by atoms with E-state index in [4.69, 9.17) is 16.0 Å². The topological polar surface area (TPSA) is 71.3 Å². The summed E-state index contributed by atoms with van der Waals surface area (Å²) in [6.45, 7) is 3.25. The summed E-state index contributed by atoms with van der Waals surface area (Å²) in [4.78, 5) is 14.4. The fourth-order valence-corrected chi connectivity index (χ4v) is 3.06. The van der Waals surface area contributed by atoms with Crippen LogP contribution >= 0.6 is 11.6 Å². The number of aromatic nitrogens is 2. The monoisotopic (exact) mass is 348 g/mol. The van der Waals surface area contributed by atoms with Crippen molar-refractivity contribution in [1.29, 1.82) is 0 Å². The third-order valence-electron chi connectivity index (χ3n) is 4.10.